The van der Waals surface area contributed by atoms with Crippen LogP contribution in [0.3, 0.4) is 0 Å². The van der Waals surface area contributed by atoms with E-state index in [-0.39, 0.29) is 18.0 Å². The van der Waals surface area contributed by atoms with Crippen LogP contribution in [0.15, 0.2) is 36.4 Å². The van der Waals surface area contributed by atoms with Gasteiger partial charge in [-0.15, -0.1) is 0 Å². The lowest BCUT2D eigenvalue weighted by Crippen LogP contribution is -2.52. The van der Waals surface area contributed by atoms with E-state index in [4.69, 9.17) is 0 Å². The van der Waals surface area contributed by atoms with Gasteiger partial charge in [-0.3, -0.25) is 9.89 Å². The Kier molecular flexibility index (Phi) is 4.60. The van der Waals surface area contributed by atoms with Gasteiger partial charge in [0.05, 0.1) is 5.69 Å². The van der Waals surface area contributed by atoms with Crippen molar-refractivity contribution in [3.63, 3.8) is 0 Å². The molecule has 1 saturated carbocycles. The molecule has 7 heteroatoms. The fourth-order valence-corrected chi connectivity index (χ4v) is 3.28. The molecule has 2 aliphatic rings. The zero-order chi connectivity index (χ0) is 17.9. The zero-order valence-electron chi connectivity index (χ0n) is 14.6. The molecule has 4 rings (SSSR count). The van der Waals surface area contributed by atoms with Gasteiger partial charge in [0.1, 0.15) is 5.69 Å². The first kappa shape index (κ1) is 16.6. The number of piperidine rings is 1. The van der Waals surface area contributed by atoms with Crippen LogP contribution in [-0.4, -0.2) is 52.2 Å². The van der Waals surface area contributed by atoms with Crippen LogP contribution < -0.4 is 10.6 Å². The summed E-state index contributed by atoms with van der Waals surface area (Å²) < 4.78 is 0. The molecular formula is C19H23N5O2. The summed E-state index contributed by atoms with van der Waals surface area (Å²) in [6.07, 6.45) is 3.89. The smallest absolute Gasteiger partial charge is 0.315 e. The van der Waals surface area contributed by atoms with E-state index in [1.165, 1.54) is 0 Å². The van der Waals surface area contributed by atoms with Crippen LogP contribution in [0, 0.1) is 0 Å². The lowest BCUT2D eigenvalue weighted by molar-refractivity contribution is 0.0691. The van der Waals surface area contributed by atoms with E-state index in [0.29, 0.717) is 24.8 Å². The number of carbonyl (C=O) groups excluding carboxylic acids is 2. The second kappa shape index (κ2) is 7.19. The zero-order valence-corrected chi connectivity index (χ0v) is 14.6. The van der Waals surface area contributed by atoms with Crippen LogP contribution in [-0.2, 0) is 0 Å². The van der Waals surface area contributed by atoms with Crippen LogP contribution in [0.2, 0.25) is 0 Å². The van der Waals surface area contributed by atoms with Crippen LogP contribution in [0.5, 0.6) is 0 Å². The number of H-pyrrole nitrogens is 1. The molecule has 2 heterocycles. The highest BCUT2D eigenvalue weighted by Crippen LogP contribution is 2.20. The lowest BCUT2D eigenvalue weighted by atomic mass is 10.1. The van der Waals surface area contributed by atoms with Crippen LogP contribution >= 0.6 is 0 Å². The van der Waals surface area contributed by atoms with Gasteiger partial charge in [-0.2, -0.15) is 5.10 Å². The molecule has 1 unspecified atom stereocenters. The third-order valence-electron chi connectivity index (χ3n) is 4.83. The molecule has 0 bridgehead atoms. The standard InChI is InChI=1S/C19H23N5O2/c25-18(17-11-16(22-23-17)13-5-2-1-3-6-13)24-10-4-7-15(12-24)21-19(26)20-14-8-9-14/h1-3,5-6,11,14-15H,4,7-10,12H2,(H,22,23)(H2,20,21,26). The number of aromatic nitrogens is 2. The molecule has 0 spiro atoms. The van der Waals surface area contributed by atoms with Gasteiger partial charge in [-0.25, -0.2) is 4.79 Å². The molecule has 3 N–H and O–H groups in total. The Morgan fingerprint density at radius 3 is 2.62 bits per heavy atom. The summed E-state index contributed by atoms with van der Waals surface area (Å²) in [6.45, 7) is 1.22. The van der Waals surface area contributed by atoms with Gasteiger partial charge in [-0.1, -0.05) is 30.3 Å². The highest BCUT2D eigenvalue weighted by atomic mass is 16.2. The highest BCUT2D eigenvalue weighted by Gasteiger charge is 2.28. The third-order valence-corrected chi connectivity index (χ3v) is 4.83. The Hall–Kier alpha value is -2.83. The van der Waals surface area contributed by atoms with Crippen molar-refractivity contribution in [2.24, 2.45) is 0 Å². The second-order valence-corrected chi connectivity index (χ2v) is 7.02. The van der Waals surface area contributed by atoms with E-state index >= 15 is 0 Å². The van der Waals surface area contributed by atoms with Gasteiger partial charge in [0, 0.05) is 30.7 Å². The predicted octanol–water partition coefficient (Wildman–Crippen LogP) is 2.14. The number of nitrogens with zero attached hydrogens (tertiary/aromatic N) is 2. The Balaban J connectivity index is 1.38. The number of rotatable bonds is 4. The first-order valence-corrected chi connectivity index (χ1v) is 9.16. The average Bonchev–Trinajstić information content (AvgIpc) is 3.33. The Labute approximate surface area is 152 Å². The quantitative estimate of drug-likeness (QED) is 0.787. The summed E-state index contributed by atoms with van der Waals surface area (Å²) in [6, 6.07) is 11.7. The number of nitrogens with one attached hydrogen (secondary N) is 3. The van der Waals surface area contributed by atoms with Gasteiger partial charge in [0.15, 0.2) is 0 Å². The summed E-state index contributed by atoms with van der Waals surface area (Å²) in [5.41, 5.74) is 2.20. The van der Waals surface area contributed by atoms with Crippen LogP contribution in [0.1, 0.15) is 36.2 Å². The maximum atomic E-state index is 12.8. The third kappa shape index (κ3) is 3.87. The molecule has 1 aromatic carbocycles. The summed E-state index contributed by atoms with van der Waals surface area (Å²) in [7, 11) is 0. The van der Waals surface area contributed by atoms with Crippen molar-refractivity contribution < 1.29 is 9.59 Å². The number of hydrogen-bond acceptors (Lipinski definition) is 3. The molecule has 7 nitrogen and oxygen atoms in total. The minimum atomic E-state index is -0.125. The van der Waals surface area contributed by atoms with E-state index in [0.717, 1.165) is 36.9 Å². The molecule has 1 atom stereocenters. The van der Waals surface area contributed by atoms with Crippen molar-refractivity contribution in [1.29, 1.82) is 0 Å². The predicted molar refractivity (Wildman–Crippen MR) is 97.6 cm³/mol. The number of hydrogen-bond donors (Lipinski definition) is 3. The largest absolute Gasteiger partial charge is 0.335 e. The molecule has 136 valence electrons. The summed E-state index contributed by atoms with van der Waals surface area (Å²) in [4.78, 5) is 26.5. The van der Waals surface area contributed by atoms with Crippen molar-refractivity contribution in [2.45, 2.75) is 37.8 Å². The fourth-order valence-electron chi connectivity index (χ4n) is 3.28. The number of likely N-dealkylation sites (tertiary alicyclic amines) is 1. The topological polar surface area (TPSA) is 90.1 Å². The SMILES string of the molecule is O=C(NC1CC1)NC1CCCN(C(=O)c2cc(-c3ccccc3)n[nH]2)C1. The van der Waals surface area contributed by atoms with Crippen molar-refractivity contribution in [3.8, 4) is 11.3 Å². The van der Waals surface area contributed by atoms with Crippen LogP contribution in [0.25, 0.3) is 11.3 Å². The first-order chi connectivity index (χ1) is 12.7. The maximum Gasteiger partial charge on any atom is 0.315 e. The van der Waals surface area contributed by atoms with Gasteiger partial charge >= 0.3 is 6.03 Å². The van der Waals surface area contributed by atoms with Crippen molar-refractivity contribution in [2.75, 3.05) is 13.1 Å². The van der Waals surface area contributed by atoms with Gasteiger partial charge in [0.2, 0.25) is 0 Å². The molecule has 1 aliphatic carbocycles. The van der Waals surface area contributed by atoms with E-state index in [2.05, 4.69) is 20.8 Å². The van der Waals surface area contributed by atoms with E-state index in [1.54, 1.807) is 11.0 Å². The van der Waals surface area contributed by atoms with E-state index in [1.807, 2.05) is 30.3 Å². The molecule has 2 aromatic rings. The molecule has 1 aromatic heterocycles. The maximum absolute atomic E-state index is 12.8. The Morgan fingerprint density at radius 2 is 1.85 bits per heavy atom. The lowest BCUT2D eigenvalue weighted by Gasteiger charge is -2.32. The van der Waals surface area contributed by atoms with Gasteiger partial charge < -0.3 is 15.5 Å². The van der Waals surface area contributed by atoms with E-state index < -0.39 is 0 Å². The van der Waals surface area contributed by atoms with Gasteiger partial charge in [0.25, 0.3) is 5.91 Å². The minimum absolute atomic E-state index is 0.0111. The fraction of sp³-hybridized carbons (Fsp3) is 0.421. The molecule has 1 saturated heterocycles. The molecule has 3 amide bonds. The first-order valence-electron chi connectivity index (χ1n) is 9.16. The molecule has 26 heavy (non-hydrogen) atoms. The van der Waals surface area contributed by atoms with Crippen molar-refractivity contribution >= 4 is 11.9 Å². The molecular weight excluding hydrogens is 330 g/mol. The molecule has 2 fully saturated rings. The summed E-state index contributed by atoms with van der Waals surface area (Å²) >= 11 is 0. The Bertz CT molecular complexity index is 784. The monoisotopic (exact) mass is 353 g/mol. The van der Waals surface area contributed by atoms with Gasteiger partial charge in [-0.05, 0) is 31.7 Å². The van der Waals surface area contributed by atoms with Crippen molar-refractivity contribution in [1.82, 2.24) is 25.7 Å². The number of benzene rings is 1. The highest BCUT2D eigenvalue weighted by molar-refractivity contribution is 5.93. The second-order valence-electron chi connectivity index (χ2n) is 7.02. The minimum Gasteiger partial charge on any atom is -0.335 e. The average molecular weight is 353 g/mol. The number of carbonyl (C=O) groups is 2. The Morgan fingerprint density at radius 1 is 1.08 bits per heavy atom. The van der Waals surface area contributed by atoms with Crippen LogP contribution in [0.4, 0.5) is 4.79 Å². The molecule has 1 aliphatic heterocycles. The number of aromatic amines is 1. The number of urea groups is 1. The summed E-state index contributed by atoms with van der Waals surface area (Å²) in [5.74, 6) is -0.0752. The normalized spacial score (nSPS) is 19.8. The van der Waals surface area contributed by atoms with Crippen molar-refractivity contribution in [3.05, 3.63) is 42.1 Å². The summed E-state index contributed by atoms with van der Waals surface area (Å²) in [5, 5.41) is 13.0. The molecule has 0 radical (unpaired) electrons. The van der Waals surface area contributed by atoms with E-state index in [9.17, 15) is 9.59 Å². The number of amides is 3.